The number of aromatic nitrogens is 2. The molecule has 0 saturated heterocycles. The van der Waals surface area contributed by atoms with Crippen LogP contribution in [-0.4, -0.2) is 34.3 Å². The highest BCUT2D eigenvalue weighted by atomic mass is 16.6. The van der Waals surface area contributed by atoms with E-state index in [0.717, 1.165) is 16.9 Å². The first-order valence-electron chi connectivity index (χ1n) is 10.4. The van der Waals surface area contributed by atoms with E-state index in [4.69, 9.17) is 9.47 Å². The third-order valence-electron chi connectivity index (χ3n) is 5.02. The topological polar surface area (TPSA) is 109 Å². The van der Waals surface area contributed by atoms with Gasteiger partial charge in [0.2, 0.25) is 5.91 Å². The summed E-state index contributed by atoms with van der Waals surface area (Å²) in [6.45, 7) is 4.19. The zero-order valence-corrected chi connectivity index (χ0v) is 18.8. The van der Waals surface area contributed by atoms with Gasteiger partial charge in [-0.05, 0) is 49.8 Å². The van der Waals surface area contributed by atoms with Gasteiger partial charge in [0.05, 0.1) is 18.6 Å². The summed E-state index contributed by atoms with van der Waals surface area (Å²) in [4.78, 5) is 22.9. The first-order chi connectivity index (χ1) is 15.9. The van der Waals surface area contributed by atoms with Crippen molar-refractivity contribution in [3.8, 4) is 11.5 Å². The maximum absolute atomic E-state index is 12.2. The van der Waals surface area contributed by atoms with Crippen LogP contribution in [0.25, 0.3) is 6.08 Å². The average molecular weight is 450 g/mol. The van der Waals surface area contributed by atoms with Crippen LogP contribution >= 0.6 is 0 Å². The van der Waals surface area contributed by atoms with Crippen molar-refractivity contribution in [2.45, 2.75) is 27.0 Å². The number of hydrogen-bond acceptors (Lipinski definition) is 6. The Hall–Kier alpha value is -4.14. The van der Waals surface area contributed by atoms with Crippen molar-refractivity contribution >= 4 is 17.7 Å². The number of methoxy groups -OCH3 is 1. The maximum atomic E-state index is 12.2. The van der Waals surface area contributed by atoms with Crippen molar-refractivity contribution in [2.75, 3.05) is 13.7 Å². The molecule has 0 unspecified atom stereocenters. The number of aryl methyl sites for hydroxylation is 1. The van der Waals surface area contributed by atoms with Crippen LogP contribution in [0, 0.1) is 24.0 Å². The minimum atomic E-state index is -0.441. The fourth-order valence-corrected chi connectivity index (χ4v) is 3.38. The molecule has 172 valence electrons. The molecule has 1 N–H and O–H groups in total. The quantitative estimate of drug-likeness (QED) is 0.286. The van der Waals surface area contributed by atoms with Gasteiger partial charge in [0.15, 0.2) is 0 Å². The monoisotopic (exact) mass is 450 g/mol. The molecule has 0 fully saturated rings. The largest absolute Gasteiger partial charge is 0.496 e. The highest BCUT2D eigenvalue weighted by Gasteiger charge is 2.21. The molecule has 0 bridgehead atoms. The lowest BCUT2D eigenvalue weighted by Crippen LogP contribution is -2.26. The summed E-state index contributed by atoms with van der Waals surface area (Å²) in [5.41, 5.74) is 2.51. The van der Waals surface area contributed by atoms with Crippen LogP contribution in [0.5, 0.6) is 11.5 Å². The molecule has 2 aromatic carbocycles. The average Bonchev–Trinajstić information content (AvgIpc) is 3.10. The lowest BCUT2D eigenvalue weighted by Gasteiger charge is -2.11. The van der Waals surface area contributed by atoms with Gasteiger partial charge in [0, 0.05) is 18.2 Å². The minimum Gasteiger partial charge on any atom is -0.496 e. The number of para-hydroxylation sites is 1. The van der Waals surface area contributed by atoms with Crippen LogP contribution in [0.2, 0.25) is 0 Å². The van der Waals surface area contributed by atoms with Gasteiger partial charge in [-0.2, -0.15) is 5.10 Å². The molecule has 0 aliphatic heterocycles. The lowest BCUT2D eigenvalue weighted by molar-refractivity contribution is -0.386. The molecule has 0 aliphatic carbocycles. The van der Waals surface area contributed by atoms with Gasteiger partial charge in [-0.1, -0.05) is 24.3 Å². The van der Waals surface area contributed by atoms with E-state index < -0.39 is 4.92 Å². The van der Waals surface area contributed by atoms with Crippen molar-refractivity contribution in [3.05, 3.63) is 87.2 Å². The summed E-state index contributed by atoms with van der Waals surface area (Å²) in [5.74, 6) is 1.18. The number of hydrogen-bond donors (Lipinski definition) is 1. The van der Waals surface area contributed by atoms with E-state index >= 15 is 0 Å². The predicted molar refractivity (Wildman–Crippen MR) is 124 cm³/mol. The fraction of sp³-hybridized carbons (Fsp3) is 0.250. The zero-order chi connectivity index (χ0) is 23.8. The summed E-state index contributed by atoms with van der Waals surface area (Å²) in [5, 5.41) is 18.0. The lowest BCUT2D eigenvalue weighted by atomic mass is 10.1. The van der Waals surface area contributed by atoms with Crippen LogP contribution in [0.3, 0.4) is 0 Å². The molecule has 9 nitrogen and oxygen atoms in total. The number of benzene rings is 2. The SMILES string of the molecule is COc1ccc(/C=C/C(=O)NCCn2nc(C)c([N+](=O)[O-])c2C)cc1COc1ccccc1. The van der Waals surface area contributed by atoms with E-state index in [9.17, 15) is 14.9 Å². The van der Waals surface area contributed by atoms with E-state index in [1.165, 1.54) is 10.8 Å². The molecule has 0 atom stereocenters. The smallest absolute Gasteiger partial charge is 0.312 e. The highest BCUT2D eigenvalue weighted by Crippen LogP contribution is 2.23. The van der Waals surface area contributed by atoms with Gasteiger partial charge < -0.3 is 14.8 Å². The molecule has 0 saturated carbocycles. The Balaban J connectivity index is 1.57. The molecule has 3 aromatic rings. The molecule has 1 amide bonds. The van der Waals surface area contributed by atoms with Crippen molar-refractivity contribution in [2.24, 2.45) is 0 Å². The van der Waals surface area contributed by atoms with Gasteiger partial charge in [-0.25, -0.2) is 0 Å². The Morgan fingerprint density at radius 1 is 1.21 bits per heavy atom. The third kappa shape index (κ3) is 6.19. The minimum absolute atomic E-state index is 0.00720. The van der Waals surface area contributed by atoms with E-state index in [1.54, 1.807) is 27.0 Å². The number of nitro groups is 1. The van der Waals surface area contributed by atoms with Gasteiger partial charge in [0.1, 0.15) is 29.5 Å². The number of nitrogens with one attached hydrogen (secondary N) is 1. The summed E-state index contributed by atoms with van der Waals surface area (Å²) >= 11 is 0. The van der Waals surface area contributed by atoms with Gasteiger partial charge in [0.25, 0.3) is 0 Å². The van der Waals surface area contributed by atoms with Crippen LogP contribution in [0.15, 0.2) is 54.6 Å². The summed E-state index contributed by atoms with van der Waals surface area (Å²) < 4.78 is 12.7. The molecule has 1 heterocycles. The molecular weight excluding hydrogens is 424 g/mol. The first-order valence-corrected chi connectivity index (χ1v) is 10.4. The number of carbonyl (C=O) groups is 1. The van der Waals surface area contributed by atoms with E-state index in [-0.39, 0.29) is 11.6 Å². The second-order valence-electron chi connectivity index (χ2n) is 7.30. The normalized spacial score (nSPS) is 10.9. The third-order valence-corrected chi connectivity index (χ3v) is 5.02. The predicted octanol–water partition coefficient (Wildman–Crippen LogP) is 3.83. The Morgan fingerprint density at radius 2 is 1.97 bits per heavy atom. The molecule has 0 spiro atoms. The highest BCUT2D eigenvalue weighted by molar-refractivity contribution is 5.91. The van der Waals surface area contributed by atoms with Gasteiger partial charge >= 0.3 is 5.69 Å². The van der Waals surface area contributed by atoms with Crippen LogP contribution in [0.4, 0.5) is 5.69 Å². The zero-order valence-electron chi connectivity index (χ0n) is 18.8. The molecular formula is C24H26N4O5. The van der Waals surface area contributed by atoms with Crippen molar-refractivity contribution in [3.63, 3.8) is 0 Å². The van der Waals surface area contributed by atoms with Crippen LogP contribution < -0.4 is 14.8 Å². The molecule has 33 heavy (non-hydrogen) atoms. The molecule has 9 heteroatoms. The Bertz CT molecular complexity index is 1160. The fourth-order valence-electron chi connectivity index (χ4n) is 3.38. The number of amides is 1. The summed E-state index contributed by atoms with van der Waals surface area (Å²) in [6, 6.07) is 15.1. The molecule has 3 rings (SSSR count). The van der Waals surface area contributed by atoms with E-state index in [1.807, 2.05) is 48.5 Å². The van der Waals surface area contributed by atoms with Gasteiger partial charge in [-0.15, -0.1) is 0 Å². The Morgan fingerprint density at radius 3 is 2.64 bits per heavy atom. The molecule has 0 radical (unpaired) electrons. The first kappa shape index (κ1) is 23.5. The second-order valence-corrected chi connectivity index (χ2v) is 7.30. The summed E-state index contributed by atoms with van der Waals surface area (Å²) in [7, 11) is 1.60. The van der Waals surface area contributed by atoms with Crippen LogP contribution in [0.1, 0.15) is 22.5 Å². The van der Waals surface area contributed by atoms with E-state index in [0.29, 0.717) is 36.8 Å². The van der Waals surface area contributed by atoms with Crippen molar-refractivity contribution in [1.82, 2.24) is 15.1 Å². The molecule has 1 aromatic heterocycles. The number of ether oxygens (including phenoxy) is 2. The van der Waals surface area contributed by atoms with E-state index in [2.05, 4.69) is 10.4 Å². The molecule has 0 aliphatic rings. The Labute approximate surface area is 191 Å². The maximum Gasteiger partial charge on any atom is 0.312 e. The number of rotatable bonds is 10. The van der Waals surface area contributed by atoms with Crippen molar-refractivity contribution in [1.29, 1.82) is 0 Å². The van der Waals surface area contributed by atoms with Gasteiger partial charge in [-0.3, -0.25) is 19.6 Å². The summed E-state index contributed by atoms with van der Waals surface area (Å²) in [6.07, 6.45) is 3.14. The Kier molecular flexibility index (Phi) is 7.80. The number of carbonyl (C=O) groups excluding carboxylic acids is 1. The number of nitrogens with zero attached hydrogens (tertiary/aromatic N) is 3. The van der Waals surface area contributed by atoms with Crippen molar-refractivity contribution < 1.29 is 19.2 Å². The standard InChI is InChI=1S/C24H26N4O5/c1-17-24(28(30)31)18(2)27(26-17)14-13-25-23(29)12-10-19-9-11-22(32-3)20(15-19)16-33-21-7-5-4-6-8-21/h4-12,15H,13-14,16H2,1-3H3,(H,25,29)/b12-10+. The second kappa shape index (κ2) is 10.9. The van der Waals surface area contributed by atoms with Crippen LogP contribution in [-0.2, 0) is 17.9 Å².